The van der Waals surface area contributed by atoms with Crippen LogP contribution >= 0.6 is 0 Å². The van der Waals surface area contributed by atoms with E-state index in [1.165, 1.54) is 0 Å². The van der Waals surface area contributed by atoms with Crippen molar-refractivity contribution in [1.29, 1.82) is 0 Å². The van der Waals surface area contributed by atoms with Crippen LogP contribution < -0.4 is 5.32 Å². The average Bonchev–Trinajstić information content (AvgIpc) is 3.01. The molecule has 0 fully saturated rings. The quantitative estimate of drug-likeness (QED) is 0.715. The highest BCUT2D eigenvalue weighted by atomic mass is 16.2. The Morgan fingerprint density at radius 1 is 1.05 bits per heavy atom. The van der Waals surface area contributed by atoms with Crippen molar-refractivity contribution in [3.63, 3.8) is 0 Å². The normalized spacial score (nSPS) is 17.5. The molecule has 0 aliphatic carbocycles. The van der Waals surface area contributed by atoms with E-state index in [0.29, 0.717) is 5.56 Å². The Balaban J connectivity index is 1.93. The van der Waals surface area contributed by atoms with Gasteiger partial charge in [0, 0.05) is 11.1 Å². The van der Waals surface area contributed by atoms with Crippen LogP contribution in [0, 0.1) is 0 Å². The smallest absolute Gasteiger partial charge is 0.253 e. The zero-order chi connectivity index (χ0) is 12.8. The number of carbonyl (C=O) groups is 1. The molecular weight excluding hydrogens is 240 g/mol. The largest absolute Gasteiger partial charge is 0.326 e. The van der Waals surface area contributed by atoms with E-state index in [9.17, 15) is 4.79 Å². The maximum atomic E-state index is 11.9. The fourth-order valence-electron chi connectivity index (χ4n) is 2.49. The summed E-state index contributed by atoms with van der Waals surface area (Å²) in [5.41, 5.74) is 3.36. The van der Waals surface area contributed by atoms with Crippen molar-refractivity contribution in [1.82, 2.24) is 20.3 Å². The van der Waals surface area contributed by atoms with Crippen LogP contribution in [0.1, 0.15) is 22.1 Å². The summed E-state index contributed by atoms with van der Waals surface area (Å²) in [7, 11) is 0. The fourth-order valence-corrected chi connectivity index (χ4v) is 2.49. The van der Waals surface area contributed by atoms with Crippen molar-refractivity contribution in [2.75, 3.05) is 0 Å². The molecule has 2 heterocycles. The molecule has 0 saturated heterocycles. The number of nitrogens with zero attached hydrogens (tertiary/aromatic N) is 3. The SMILES string of the molecule is O=C1N[C@@H](n2nnc3ccccc32)c2ccccc21. The van der Waals surface area contributed by atoms with Crippen molar-refractivity contribution < 1.29 is 4.79 Å². The molecule has 1 aliphatic rings. The van der Waals surface area contributed by atoms with Gasteiger partial charge in [0.1, 0.15) is 5.52 Å². The second kappa shape index (κ2) is 3.65. The highest BCUT2D eigenvalue weighted by Gasteiger charge is 2.30. The molecule has 0 radical (unpaired) electrons. The number of benzene rings is 2. The lowest BCUT2D eigenvalue weighted by molar-refractivity contribution is 0.0950. The average molecular weight is 250 g/mol. The number of hydrogen-bond acceptors (Lipinski definition) is 3. The number of nitrogens with one attached hydrogen (secondary N) is 1. The fraction of sp³-hybridized carbons (Fsp3) is 0.0714. The first kappa shape index (κ1) is 10.3. The standard InChI is InChI=1S/C14H10N4O/c19-14-10-6-2-1-5-9(10)13(15-14)18-12-8-4-3-7-11(12)16-17-18/h1-8,13H,(H,15,19)/t13-/m0/s1. The molecule has 3 aromatic rings. The lowest BCUT2D eigenvalue weighted by atomic mass is 10.1. The van der Waals surface area contributed by atoms with Crippen LogP contribution in [0.4, 0.5) is 0 Å². The highest BCUT2D eigenvalue weighted by molar-refractivity contribution is 5.99. The predicted molar refractivity (Wildman–Crippen MR) is 69.6 cm³/mol. The van der Waals surface area contributed by atoms with E-state index >= 15 is 0 Å². The summed E-state index contributed by atoms with van der Waals surface area (Å²) in [5.74, 6) is -0.0693. The van der Waals surface area contributed by atoms with Crippen LogP contribution in [0.3, 0.4) is 0 Å². The number of hydrogen-bond donors (Lipinski definition) is 1. The molecule has 92 valence electrons. The summed E-state index contributed by atoms with van der Waals surface area (Å²) in [6.45, 7) is 0. The molecule has 5 heteroatoms. The molecule has 1 atom stereocenters. The van der Waals surface area contributed by atoms with E-state index in [0.717, 1.165) is 16.6 Å². The van der Waals surface area contributed by atoms with E-state index in [1.54, 1.807) is 4.68 Å². The lowest BCUT2D eigenvalue weighted by Crippen LogP contribution is -2.25. The Hall–Kier alpha value is -2.69. The van der Waals surface area contributed by atoms with Gasteiger partial charge in [-0.25, -0.2) is 4.68 Å². The van der Waals surface area contributed by atoms with Gasteiger partial charge in [-0.15, -0.1) is 5.10 Å². The molecule has 1 aliphatic heterocycles. The van der Waals surface area contributed by atoms with Crippen molar-refractivity contribution in [2.24, 2.45) is 0 Å². The van der Waals surface area contributed by atoms with Gasteiger partial charge in [-0.3, -0.25) is 4.79 Å². The van der Waals surface area contributed by atoms with Gasteiger partial charge < -0.3 is 5.32 Å². The maximum Gasteiger partial charge on any atom is 0.253 e. The van der Waals surface area contributed by atoms with Crippen LogP contribution in [0.25, 0.3) is 11.0 Å². The molecule has 19 heavy (non-hydrogen) atoms. The number of carbonyl (C=O) groups excluding carboxylic acids is 1. The third-order valence-electron chi connectivity index (χ3n) is 3.39. The minimum atomic E-state index is -0.281. The second-order valence-corrected chi connectivity index (χ2v) is 4.49. The van der Waals surface area contributed by atoms with Gasteiger partial charge in [0.05, 0.1) is 5.52 Å². The van der Waals surface area contributed by atoms with Crippen LogP contribution in [0.2, 0.25) is 0 Å². The van der Waals surface area contributed by atoms with E-state index in [-0.39, 0.29) is 12.1 Å². The Bertz CT molecular complexity index is 793. The van der Waals surface area contributed by atoms with Crippen molar-refractivity contribution in [2.45, 2.75) is 6.17 Å². The third-order valence-corrected chi connectivity index (χ3v) is 3.39. The molecule has 0 bridgehead atoms. The van der Waals surface area contributed by atoms with Crippen molar-refractivity contribution in [3.05, 3.63) is 59.7 Å². The van der Waals surface area contributed by atoms with E-state index < -0.39 is 0 Å². The van der Waals surface area contributed by atoms with E-state index in [1.807, 2.05) is 48.5 Å². The predicted octanol–water partition coefficient (Wildman–Crippen LogP) is 1.72. The van der Waals surface area contributed by atoms with E-state index in [2.05, 4.69) is 15.6 Å². The highest BCUT2D eigenvalue weighted by Crippen LogP contribution is 2.27. The van der Waals surface area contributed by atoms with E-state index in [4.69, 9.17) is 0 Å². The van der Waals surface area contributed by atoms with Gasteiger partial charge >= 0.3 is 0 Å². The molecule has 5 nitrogen and oxygen atoms in total. The number of fused-ring (bicyclic) bond motifs is 2. The van der Waals surface area contributed by atoms with Crippen molar-refractivity contribution in [3.8, 4) is 0 Å². The maximum absolute atomic E-state index is 11.9. The number of rotatable bonds is 1. The Kier molecular flexibility index (Phi) is 1.97. The van der Waals surface area contributed by atoms with Gasteiger partial charge in [0.25, 0.3) is 5.91 Å². The summed E-state index contributed by atoms with van der Waals surface area (Å²) in [6, 6.07) is 15.3. The van der Waals surface area contributed by atoms with Gasteiger partial charge in [-0.2, -0.15) is 0 Å². The zero-order valence-corrected chi connectivity index (χ0v) is 9.95. The van der Waals surface area contributed by atoms with Gasteiger partial charge in [0.15, 0.2) is 6.17 Å². The van der Waals surface area contributed by atoms with Crippen LogP contribution in [0.5, 0.6) is 0 Å². The Labute approximate surface area is 108 Å². The van der Waals surface area contributed by atoms with Crippen LogP contribution in [-0.4, -0.2) is 20.9 Å². The molecule has 4 rings (SSSR count). The van der Waals surface area contributed by atoms with Crippen LogP contribution in [-0.2, 0) is 0 Å². The number of amides is 1. The molecule has 0 saturated carbocycles. The first-order chi connectivity index (χ1) is 9.34. The van der Waals surface area contributed by atoms with Gasteiger partial charge in [0.2, 0.25) is 0 Å². The Morgan fingerprint density at radius 2 is 1.84 bits per heavy atom. The molecule has 1 N–H and O–H groups in total. The summed E-state index contributed by atoms with van der Waals surface area (Å²) in [4.78, 5) is 11.9. The third kappa shape index (κ3) is 1.38. The minimum Gasteiger partial charge on any atom is -0.326 e. The second-order valence-electron chi connectivity index (χ2n) is 4.49. The van der Waals surface area contributed by atoms with Crippen molar-refractivity contribution >= 4 is 16.9 Å². The molecule has 1 aromatic heterocycles. The molecule has 0 spiro atoms. The zero-order valence-electron chi connectivity index (χ0n) is 9.95. The Morgan fingerprint density at radius 3 is 2.79 bits per heavy atom. The molecule has 2 aromatic carbocycles. The first-order valence-electron chi connectivity index (χ1n) is 6.04. The summed E-state index contributed by atoms with van der Waals surface area (Å²) in [6.07, 6.45) is -0.281. The monoisotopic (exact) mass is 250 g/mol. The summed E-state index contributed by atoms with van der Waals surface area (Å²) >= 11 is 0. The number of aromatic nitrogens is 3. The number of para-hydroxylation sites is 1. The van der Waals surface area contributed by atoms with Crippen LogP contribution in [0.15, 0.2) is 48.5 Å². The summed E-state index contributed by atoms with van der Waals surface area (Å²) in [5, 5.41) is 11.2. The molecule has 1 amide bonds. The van der Waals surface area contributed by atoms with Gasteiger partial charge in [-0.1, -0.05) is 35.5 Å². The minimum absolute atomic E-state index is 0.0693. The summed E-state index contributed by atoms with van der Waals surface area (Å²) < 4.78 is 1.75. The molecule has 0 unspecified atom stereocenters. The topological polar surface area (TPSA) is 59.8 Å². The lowest BCUT2D eigenvalue weighted by Gasteiger charge is -2.12. The first-order valence-corrected chi connectivity index (χ1v) is 6.04. The van der Waals surface area contributed by atoms with Gasteiger partial charge in [-0.05, 0) is 18.2 Å². The molecular formula is C14H10N4O.